The van der Waals surface area contributed by atoms with Gasteiger partial charge in [0.25, 0.3) is 5.91 Å². The van der Waals surface area contributed by atoms with Gasteiger partial charge in [-0.05, 0) is 71.5 Å². The van der Waals surface area contributed by atoms with Crippen LogP contribution in [0, 0.1) is 3.57 Å². The molecule has 0 spiro atoms. The Kier molecular flexibility index (Phi) is 7.05. The largest absolute Gasteiger partial charge is 0.350 e. The predicted molar refractivity (Wildman–Crippen MR) is 104 cm³/mol. The number of carbonyl (C=O) groups is 2. The summed E-state index contributed by atoms with van der Waals surface area (Å²) in [5.41, 5.74) is 1.54. The van der Waals surface area contributed by atoms with Crippen molar-refractivity contribution in [3.05, 3.63) is 68.3 Å². The van der Waals surface area contributed by atoms with Gasteiger partial charge in [0.2, 0.25) is 5.91 Å². The maximum Gasteiger partial charge on any atom is 0.254 e. The molecule has 0 radical (unpaired) electrons. The van der Waals surface area contributed by atoms with Crippen LogP contribution in [0.25, 0.3) is 0 Å². The second-order valence-corrected chi connectivity index (χ2v) is 6.91. The molecule has 0 aliphatic rings. The van der Waals surface area contributed by atoms with Crippen LogP contribution >= 0.6 is 34.2 Å². The van der Waals surface area contributed by atoms with E-state index in [1.165, 1.54) is 4.90 Å². The summed E-state index contributed by atoms with van der Waals surface area (Å²) in [4.78, 5) is 26.1. The number of carbonyl (C=O) groups excluding carboxylic acids is 2. The zero-order valence-electron chi connectivity index (χ0n) is 13.3. The predicted octanol–water partition coefficient (Wildman–Crippen LogP) is 3.72. The van der Waals surface area contributed by atoms with Crippen molar-refractivity contribution in [1.82, 2.24) is 10.2 Å². The zero-order valence-corrected chi connectivity index (χ0v) is 16.2. The summed E-state index contributed by atoms with van der Waals surface area (Å²) in [7, 11) is 0. The number of halogens is 2. The lowest BCUT2D eigenvalue weighted by molar-refractivity contribution is -0.121. The molecule has 0 atom stereocenters. The second-order valence-electron chi connectivity index (χ2n) is 5.23. The summed E-state index contributed by atoms with van der Waals surface area (Å²) in [6, 6.07) is 14.6. The van der Waals surface area contributed by atoms with Crippen LogP contribution < -0.4 is 5.32 Å². The second kappa shape index (κ2) is 9.03. The lowest BCUT2D eigenvalue weighted by Gasteiger charge is -2.20. The summed E-state index contributed by atoms with van der Waals surface area (Å²) in [5, 5.41) is 3.48. The van der Waals surface area contributed by atoms with E-state index in [4.69, 9.17) is 11.6 Å². The van der Waals surface area contributed by atoms with Gasteiger partial charge >= 0.3 is 0 Å². The first kappa shape index (κ1) is 18.7. The summed E-state index contributed by atoms with van der Waals surface area (Å²) >= 11 is 8.02. The van der Waals surface area contributed by atoms with Gasteiger partial charge in [-0.2, -0.15) is 0 Å². The van der Waals surface area contributed by atoms with Crippen molar-refractivity contribution >= 4 is 46.0 Å². The van der Waals surface area contributed by atoms with Gasteiger partial charge in [-0.3, -0.25) is 9.59 Å². The number of benzene rings is 2. The third kappa shape index (κ3) is 5.49. The number of nitrogens with one attached hydrogen (secondary N) is 1. The Balaban J connectivity index is 1.91. The minimum absolute atomic E-state index is 0.0366. The molecule has 126 valence electrons. The molecule has 0 saturated heterocycles. The molecule has 0 fully saturated rings. The van der Waals surface area contributed by atoms with Crippen LogP contribution in [0.3, 0.4) is 0 Å². The molecule has 6 heteroatoms. The lowest BCUT2D eigenvalue weighted by atomic mass is 10.2. The highest BCUT2D eigenvalue weighted by Crippen LogP contribution is 2.10. The highest BCUT2D eigenvalue weighted by molar-refractivity contribution is 14.1. The lowest BCUT2D eigenvalue weighted by Crippen LogP contribution is -2.40. The molecule has 4 nitrogen and oxygen atoms in total. The highest BCUT2D eigenvalue weighted by atomic mass is 127. The Labute approximate surface area is 160 Å². The molecule has 0 bridgehead atoms. The first-order valence-electron chi connectivity index (χ1n) is 7.55. The molecule has 0 heterocycles. The molecule has 0 saturated carbocycles. The zero-order chi connectivity index (χ0) is 17.5. The number of nitrogens with zero attached hydrogens (tertiary/aromatic N) is 1. The smallest absolute Gasteiger partial charge is 0.254 e. The van der Waals surface area contributed by atoms with E-state index in [9.17, 15) is 9.59 Å². The number of amides is 2. The molecule has 0 aliphatic heterocycles. The minimum atomic E-state index is -0.189. The van der Waals surface area contributed by atoms with Gasteiger partial charge in [-0.25, -0.2) is 0 Å². The highest BCUT2D eigenvalue weighted by Gasteiger charge is 2.17. The Morgan fingerprint density at radius 2 is 1.71 bits per heavy atom. The Bertz CT molecular complexity index is 702. The summed E-state index contributed by atoms with van der Waals surface area (Å²) < 4.78 is 1.06. The molecule has 24 heavy (non-hydrogen) atoms. The van der Waals surface area contributed by atoms with Crippen LogP contribution in [0.2, 0.25) is 5.02 Å². The molecular weight excluding hydrogens is 439 g/mol. The first-order chi connectivity index (χ1) is 11.5. The SMILES string of the molecule is CCN(CC(=O)NCc1ccc(Cl)cc1)C(=O)c1ccc(I)cc1. The van der Waals surface area contributed by atoms with Gasteiger partial charge in [0.15, 0.2) is 0 Å². The van der Waals surface area contributed by atoms with E-state index < -0.39 is 0 Å². The normalized spacial score (nSPS) is 10.3. The number of rotatable bonds is 6. The van der Waals surface area contributed by atoms with E-state index >= 15 is 0 Å². The van der Waals surface area contributed by atoms with Crippen molar-refractivity contribution in [2.75, 3.05) is 13.1 Å². The van der Waals surface area contributed by atoms with Crippen molar-refractivity contribution in [3.8, 4) is 0 Å². The van der Waals surface area contributed by atoms with Crippen molar-refractivity contribution < 1.29 is 9.59 Å². The van der Waals surface area contributed by atoms with E-state index in [2.05, 4.69) is 27.9 Å². The fourth-order valence-electron chi connectivity index (χ4n) is 2.13. The summed E-state index contributed by atoms with van der Waals surface area (Å²) in [6.07, 6.45) is 0. The standard InChI is InChI=1S/C18H18ClIN2O2/c1-2-22(18(24)14-5-9-16(20)10-6-14)12-17(23)21-11-13-3-7-15(19)8-4-13/h3-10H,2,11-12H2,1H3,(H,21,23). The fourth-order valence-corrected chi connectivity index (χ4v) is 2.62. The van der Waals surface area contributed by atoms with E-state index in [1.54, 1.807) is 24.3 Å². The van der Waals surface area contributed by atoms with E-state index in [-0.39, 0.29) is 18.4 Å². The van der Waals surface area contributed by atoms with Gasteiger partial charge in [-0.15, -0.1) is 0 Å². The third-order valence-corrected chi connectivity index (χ3v) is 4.47. The molecule has 0 aromatic heterocycles. The Morgan fingerprint density at radius 1 is 1.08 bits per heavy atom. The minimum Gasteiger partial charge on any atom is -0.350 e. The van der Waals surface area contributed by atoms with Crippen LogP contribution in [0.15, 0.2) is 48.5 Å². The van der Waals surface area contributed by atoms with Crippen LogP contribution in [0.5, 0.6) is 0 Å². The fraction of sp³-hybridized carbons (Fsp3) is 0.222. The summed E-state index contributed by atoms with van der Waals surface area (Å²) in [5.74, 6) is -0.332. The van der Waals surface area contributed by atoms with E-state index in [1.807, 2.05) is 31.2 Å². The molecule has 2 aromatic carbocycles. The maximum atomic E-state index is 12.5. The average molecular weight is 457 g/mol. The molecule has 2 rings (SSSR count). The average Bonchev–Trinajstić information content (AvgIpc) is 2.59. The quantitative estimate of drug-likeness (QED) is 0.674. The summed E-state index contributed by atoms with van der Waals surface area (Å²) in [6.45, 7) is 2.77. The first-order valence-corrected chi connectivity index (χ1v) is 9.01. The Hall–Kier alpha value is -1.60. The van der Waals surface area contributed by atoms with Gasteiger partial charge in [0.05, 0.1) is 6.54 Å². The van der Waals surface area contributed by atoms with Gasteiger partial charge < -0.3 is 10.2 Å². The monoisotopic (exact) mass is 456 g/mol. The van der Waals surface area contributed by atoms with Crippen LogP contribution in [0.1, 0.15) is 22.8 Å². The van der Waals surface area contributed by atoms with Gasteiger partial charge in [0.1, 0.15) is 0 Å². The van der Waals surface area contributed by atoms with Crippen molar-refractivity contribution in [1.29, 1.82) is 0 Å². The molecular formula is C18H18ClIN2O2. The van der Waals surface area contributed by atoms with Crippen molar-refractivity contribution in [2.45, 2.75) is 13.5 Å². The molecule has 0 unspecified atom stereocenters. The van der Waals surface area contributed by atoms with Crippen LogP contribution in [-0.4, -0.2) is 29.8 Å². The number of hydrogen-bond acceptors (Lipinski definition) is 2. The van der Waals surface area contributed by atoms with Crippen LogP contribution in [-0.2, 0) is 11.3 Å². The molecule has 0 aliphatic carbocycles. The van der Waals surface area contributed by atoms with Gasteiger partial charge in [0, 0.05) is 27.2 Å². The van der Waals surface area contributed by atoms with Crippen molar-refractivity contribution in [3.63, 3.8) is 0 Å². The molecule has 1 N–H and O–H groups in total. The molecule has 2 aromatic rings. The number of hydrogen-bond donors (Lipinski definition) is 1. The number of likely N-dealkylation sites (N-methyl/N-ethyl adjacent to an activating group) is 1. The van der Waals surface area contributed by atoms with Crippen LogP contribution in [0.4, 0.5) is 0 Å². The van der Waals surface area contributed by atoms with Gasteiger partial charge in [-0.1, -0.05) is 23.7 Å². The topological polar surface area (TPSA) is 49.4 Å². The molecule has 2 amide bonds. The van der Waals surface area contributed by atoms with E-state index in [0.717, 1.165) is 9.13 Å². The van der Waals surface area contributed by atoms with Crippen molar-refractivity contribution in [2.24, 2.45) is 0 Å². The Morgan fingerprint density at radius 3 is 2.29 bits per heavy atom. The van der Waals surface area contributed by atoms with E-state index in [0.29, 0.717) is 23.7 Å². The maximum absolute atomic E-state index is 12.5. The third-order valence-electron chi connectivity index (χ3n) is 3.50.